The number of likely N-dealkylation sites (N-methyl/N-ethyl adjacent to an activating group) is 1. The van der Waals surface area contributed by atoms with Gasteiger partial charge in [0.25, 0.3) is 11.6 Å². The topological polar surface area (TPSA) is 117 Å². The van der Waals surface area contributed by atoms with Gasteiger partial charge >= 0.3 is 0 Å². The Morgan fingerprint density at radius 1 is 1.00 bits per heavy atom. The third-order valence-electron chi connectivity index (χ3n) is 7.35. The van der Waals surface area contributed by atoms with Crippen LogP contribution in [0.15, 0.2) is 78.4 Å². The maximum atomic E-state index is 13.9. The molecule has 1 unspecified atom stereocenters. The van der Waals surface area contributed by atoms with Crippen molar-refractivity contribution in [3.05, 3.63) is 111 Å². The Morgan fingerprint density at radius 2 is 1.68 bits per heavy atom. The first-order valence-corrected chi connectivity index (χ1v) is 13.4. The number of hydrogen-bond acceptors (Lipinski definition) is 6. The van der Waals surface area contributed by atoms with Crippen LogP contribution in [0.3, 0.4) is 0 Å². The van der Waals surface area contributed by atoms with Gasteiger partial charge in [0.1, 0.15) is 12.4 Å². The first-order valence-electron chi connectivity index (χ1n) is 13.4. The number of nitro groups is 1. The molecule has 1 N–H and O–H groups in total. The highest BCUT2D eigenvalue weighted by Crippen LogP contribution is 2.39. The first-order chi connectivity index (χ1) is 19.2. The summed E-state index contributed by atoms with van der Waals surface area (Å²) >= 11 is 0. The number of aryl methyl sites for hydroxylation is 1. The number of ether oxygens (including phenoxy) is 1. The van der Waals surface area contributed by atoms with Gasteiger partial charge in [0.05, 0.1) is 37.1 Å². The lowest BCUT2D eigenvalue weighted by atomic mass is 9.93. The number of hydrogen-bond donors (Lipinski definition) is 1. The van der Waals surface area contributed by atoms with Crippen LogP contribution in [-0.2, 0) is 16.2 Å². The summed E-state index contributed by atoms with van der Waals surface area (Å²) in [5.74, 6) is -1.54. The Hall–Kier alpha value is -4.50. The van der Waals surface area contributed by atoms with Gasteiger partial charge in [-0.3, -0.25) is 19.7 Å². The average molecular weight is 544 g/mol. The minimum absolute atomic E-state index is 0.117. The number of rotatable bonds is 11. The summed E-state index contributed by atoms with van der Waals surface area (Å²) in [7, 11) is 0. The minimum atomic E-state index is -0.934. The van der Waals surface area contributed by atoms with E-state index in [1.165, 1.54) is 34.1 Å². The van der Waals surface area contributed by atoms with Gasteiger partial charge in [0.15, 0.2) is 0 Å². The van der Waals surface area contributed by atoms with Crippen molar-refractivity contribution >= 4 is 23.1 Å². The average Bonchev–Trinajstić information content (AvgIpc) is 3.22. The van der Waals surface area contributed by atoms with E-state index >= 15 is 0 Å². The monoisotopic (exact) mass is 543 g/mol. The second-order valence-corrected chi connectivity index (χ2v) is 9.78. The molecule has 0 spiro atoms. The van der Waals surface area contributed by atoms with Crippen LogP contribution in [0, 0.1) is 17.0 Å². The van der Waals surface area contributed by atoms with Crippen molar-refractivity contribution in [1.29, 1.82) is 0 Å². The number of Topliss-reactive ketones (excluding diaryl/α,β-unsaturated/α-hetero) is 1. The summed E-state index contributed by atoms with van der Waals surface area (Å²) in [5, 5.41) is 25.1. The lowest BCUT2D eigenvalue weighted by molar-refractivity contribution is -0.895. The van der Waals surface area contributed by atoms with Crippen LogP contribution < -0.4 is 14.7 Å². The number of amides is 1. The van der Waals surface area contributed by atoms with Crippen LogP contribution in [0.2, 0.25) is 0 Å². The number of carbonyl (C=O) groups excluding carboxylic acids is 2. The van der Waals surface area contributed by atoms with Gasteiger partial charge < -0.3 is 19.6 Å². The van der Waals surface area contributed by atoms with Gasteiger partial charge in [-0.1, -0.05) is 42.2 Å². The molecule has 3 aromatic carbocycles. The fraction of sp³-hybridized carbons (Fsp3) is 0.290. The summed E-state index contributed by atoms with van der Waals surface area (Å²) in [4.78, 5) is 39.9. The Labute approximate surface area is 233 Å². The summed E-state index contributed by atoms with van der Waals surface area (Å²) in [6, 6.07) is 19.4. The molecule has 9 nitrogen and oxygen atoms in total. The minimum Gasteiger partial charge on any atom is -0.872 e. The van der Waals surface area contributed by atoms with E-state index in [0.717, 1.165) is 18.7 Å². The number of nitrogens with one attached hydrogen (secondary N) is 1. The fourth-order valence-corrected chi connectivity index (χ4v) is 4.97. The van der Waals surface area contributed by atoms with Crippen LogP contribution in [-0.4, -0.2) is 47.7 Å². The number of nitrogens with zero attached hydrogens (tertiary/aromatic N) is 2. The molecule has 1 aliphatic heterocycles. The Morgan fingerprint density at radius 3 is 2.27 bits per heavy atom. The van der Waals surface area contributed by atoms with Crippen molar-refractivity contribution in [1.82, 2.24) is 4.90 Å². The van der Waals surface area contributed by atoms with Crippen LogP contribution in [0.25, 0.3) is 5.76 Å². The highest BCUT2D eigenvalue weighted by molar-refractivity contribution is 6.46. The molecule has 1 heterocycles. The lowest BCUT2D eigenvalue weighted by Crippen LogP contribution is -3.12. The number of benzene rings is 3. The number of likely N-dealkylation sites (tertiary alicyclic amines) is 1. The first kappa shape index (κ1) is 28.5. The number of carbonyl (C=O) groups is 2. The highest BCUT2D eigenvalue weighted by atomic mass is 16.6. The quantitative estimate of drug-likeness (QED) is 0.131. The van der Waals surface area contributed by atoms with Gasteiger partial charge in [-0.25, -0.2) is 0 Å². The molecular weight excluding hydrogens is 510 g/mol. The van der Waals surface area contributed by atoms with E-state index in [1.54, 1.807) is 25.1 Å². The SMILES string of the molecule is CC[NH+](CC)CCN1C(=O)C(=O)C(=C([O-])c2ccc(OCc3ccccc3)cc2C)C1c1ccc([N+](=O)[O-])cc1. The normalized spacial score (nSPS) is 16.5. The third kappa shape index (κ3) is 6.05. The number of quaternary nitrogens is 1. The number of ketones is 1. The Kier molecular flexibility index (Phi) is 8.96. The van der Waals surface area contributed by atoms with Crippen molar-refractivity contribution in [3.63, 3.8) is 0 Å². The van der Waals surface area contributed by atoms with E-state index in [2.05, 4.69) is 0 Å². The molecule has 1 saturated heterocycles. The third-order valence-corrected chi connectivity index (χ3v) is 7.35. The smallest absolute Gasteiger partial charge is 0.295 e. The van der Waals surface area contributed by atoms with Crippen LogP contribution >= 0.6 is 0 Å². The van der Waals surface area contributed by atoms with Crippen LogP contribution in [0.4, 0.5) is 5.69 Å². The van der Waals surface area contributed by atoms with E-state index in [9.17, 15) is 24.8 Å². The molecule has 4 rings (SSSR count). The second-order valence-electron chi connectivity index (χ2n) is 9.78. The Balaban J connectivity index is 1.71. The van der Waals surface area contributed by atoms with Gasteiger partial charge in [-0.05, 0) is 67.3 Å². The fourth-order valence-electron chi connectivity index (χ4n) is 4.97. The summed E-state index contributed by atoms with van der Waals surface area (Å²) < 4.78 is 5.88. The molecule has 208 valence electrons. The maximum absolute atomic E-state index is 13.9. The molecule has 3 aromatic rings. The molecule has 1 atom stereocenters. The molecule has 9 heteroatoms. The largest absolute Gasteiger partial charge is 0.872 e. The zero-order valence-electron chi connectivity index (χ0n) is 22.9. The predicted octanol–water partition coefficient (Wildman–Crippen LogP) is 2.63. The molecule has 0 aliphatic carbocycles. The van der Waals surface area contributed by atoms with E-state index in [0.29, 0.717) is 35.6 Å². The zero-order valence-corrected chi connectivity index (χ0v) is 22.9. The van der Waals surface area contributed by atoms with Gasteiger partial charge in [0, 0.05) is 17.7 Å². The van der Waals surface area contributed by atoms with Crippen LogP contribution in [0.5, 0.6) is 5.75 Å². The van der Waals surface area contributed by atoms with E-state index in [4.69, 9.17) is 4.74 Å². The Bertz CT molecular complexity index is 1410. The van der Waals surface area contributed by atoms with Crippen LogP contribution in [0.1, 0.15) is 42.1 Å². The van der Waals surface area contributed by atoms with E-state index < -0.39 is 28.4 Å². The van der Waals surface area contributed by atoms with Crippen molar-refractivity contribution in [3.8, 4) is 5.75 Å². The predicted molar refractivity (Wildman–Crippen MR) is 148 cm³/mol. The van der Waals surface area contributed by atoms with Gasteiger partial charge in [-0.15, -0.1) is 0 Å². The number of nitro benzene ring substituents is 1. The molecular formula is C31H33N3O6. The summed E-state index contributed by atoms with van der Waals surface area (Å²) in [5.41, 5.74) is 2.12. The molecule has 0 radical (unpaired) electrons. The zero-order chi connectivity index (χ0) is 28.8. The summed E-state index contributed by atoms with van der Waals surface area (Å²) in [6.45, 7) is 8.77. The highest BCUT2D eigenvalue weighted by Gasteiger charge is 2.44. The van der Waals surface area contributed by atoms with Crippen molar-refractivity contribution in [2.24, 2.45) is 0 Å². The number of non-ortho nitro benzene ring substituents is 1. The molecule has 40 heavy (non-hydrogen) atoms. The standard InChI is InChI=1S/C31H33N3O6/c1-4-32(5-2)17-18-33-28(23-11-13-24(14-12-23)34(38)39)27(30(36)31(33)37)29(35)26-16-15-25(19-21(26)3)40-20-22-9-7-6-8-10-22/h6-16,19,28,35H,4-5,17-18,20H2,1-3H3. The molecule has 1 fully saturated rings. The van der Waals surface area contributed by atoms with Crippen molar-refractivity contribution in [2.75, 3.05) is 26.2 Å². The van der Waals surface area contributed by atoms with Crippen molar-refractivity contribution in [2.45, 2.75) is 33.4 Å². The molecule has 1 aliphatic rings. The lowest BCUT2D eigenvalue weighted by Gasteiger charge is -2.29. The second kappa shape index (κ2) is 12.6. The molecule has 0 aromatic heterocycles. The summed E-state index contributed by atoms with van der Waals surface area (Å²) in [6.07, 6.45) is 0. The van der Waals surface area contributed by atoms with Gasteiger partial charge in [-0.2, -0.15) is 0 Å². The maximum Gasteiger partial charge on any atom is 0.295 e. The molecule has 1 amide bonds. The van der Waals surface area contributed by atoms with E-state index in [-0.39, 0.29) is 17.8 Å². The molecule has 0 saturated carbocycles. The van der Waals surface area contributed by atoms with Crippen molar-refractivity contribution < 1.29 is 29.3 Å². The van der Waals surface area contributed by atoms with Gasteiger partial charge in [0.2, 0.25) is 5.78 Å². The molecule has 0 bridgehead atoms. The van der Waals surface area contributed by atoms with E-state index in [1.807, 2.05) is 44.2 Å².